The second kappa shape index (κ2) is 10.1. The molecule has 1 aliphatic rings. The minimum atomic E-state index is -3.08. The van der Waals surface area contributed by atoms with Crippen molar-refractivity contribution in [3.8, 4) is 6.07 Å². The summed E-state index contributed by atoms with van der Waals surface area (Å²) >= 11 is 0. The number of sulfone groups is 1. The Morgan fingerprint density at radius 1 is 1.38 bits per heavy atom. The number of amides is 1. The minimum Gasteiger partial charge on any atom is -0.462 e. The van der Waals surface area contributed by atoms with Crippen molar-refractivity contribution in [3.63, 3.8) is 0 Å². The molecule has 0 aromatic heterocycles. The van der Waals surface area contributed by atoms with E-state index in [2.05, 4.69) is 5.32 Å². The van der Waals surface area contributed by atoms with Gasteiger partial charge in [-0.25, -0.2) is 13.2 Å². The maximum absolute atomic E-state index is 12.6. The van der Waals surface area contributed by atoms with E-state index in [0.29, 0.717) is 6.42 Å². The highest BCUT2D eigenvalue weighted by Gasteiger charge is 2.30. The highest BCUT2D eigenvalue weighted by atomic mass is 32.2. The number of rotatable bonds is 8. The zero-order valence-electron chi connectivity index (χ0n) is 16.6. The van der Waals surface area contributed by atoms with Crippen LogP contribution in [0.5, 0.6) is 0 Å². The van der Waals surface area contributed by atoms with Crippen LogP contribution in [0, 0.1) is 11.3 Å². The van der Waals surface area contributed by atoms with Gasteiger partial charge in [0.05, 0.1) is 29.4 Å². The maximum atomic E-state index is 12.6. The van der Waals surface area contributed by atoms with E-state index in [1.165, 1.54) is 12.3 Å². The van der Waals surface area contributed by atoms with Crippen LogP contribution in [-0.2, 0) is 19.4 Å². The molecule has 1 atom stereocenters. The lowest BCUT2D eigenvalue weighted by Gasteiger charge is -2.21. The Balaban J connectivity index is 2.12. The largest absolute Gasteiger partial charge is 0.462 e. The molecule has 0 aliphatic carbocycles. The van der Waals surface area contributed by atoms with Gasteiger partial charge in [0.25, 0.3) is 5.91 Å². The number of esters is 1. The average molecular weight is 420 g/mol. The number of nitrogens with zero attached hydrogens (tertiary/aromatic N) is 2. The van der Waals surface area contributed by atoms with Gasteiger partial charge in [-0.1, -0.05) is 25.5 Å². The zero-order chi connectivity index (χ0) is 21.4. The minimum absolute atomic E-state index is 0.00718. The summed E-state index contributed by atoms with van der Waals surface area (Å²) < 4.78 is 28.5. The monoisotopic (exact) mass is 419 g/mol. The van der Waals surface area contributed by atoms with Gasteiger partial charge in [0, 0.05) is 19.3 Å². The lowest BCUT2D eigenvalue weighted by molar-refractivity contribution is -0.112. The number of hydrogen-bond donors (Lipinski definition) is 1. The molecule has 8 nitrogen and oxygen atoms in total. The van der Waals surface area contributed by atoms with Gasteiger partial charge in [0.1, 0.15) is 11.6 Å². The lowest BCUT2D eigenvalue weighted by Crippen LogP contribution is -2.29. The van der Waals surface area contributed by atoms with Crippen LogP contribution in [0.4, 0.5) is 5.69 Å². The number of carbonyl (C=O) groups is 2. The van der Waals surface area contributed by atoms with Crippen molar-refractivity contribution in [2.24, 2.45) is 0 Å². The Morgan fingerprint density at radius 2 is 2.10 bits per heavy atom. The van der Waals surface area contributed by atoms with Crippen molar-refractivity contribution >= 4 is 27.4 Å². The molecule has 0 bridgehead atoms. The summed E-state index contributed by atoms with van der Waals surface area (Å²) in [6, 6.07) is 7.95. The van der Waals surface area contributed by atoms with Crippen LogP contribution >= 0.6 is 0 Å². The van der Waals surface area contributed by atoms with Crippen LogP contribution in [-0.4, -0.2) is 56.4 Å². The topological polar surface area (TPSA) is 117 Å². The van der Waals surface area contributed by atoms with Crippen LogP contribution in [0.3, 0.4) is 0 Å². The van der Waals surface area contributed by atoms with E-state index in [4.69, 9.17) is 4.74 Å². The van der Waals surface area contributed by atoms with Gasteiger partial charge in [0.15, 0.2) is 9.84 Å². The van der Waals surface area contributed by atoms with Crippen molar-refractivity contribution in [3.05, 3.63) is 41.6 Å². The van der Waals surface area contributed by atoms with Gasteiger partial charge in [-0.2, -0.15) is 5.26 Å². The Bertz CT molecular complexity index is 934. The highest BCUT2D eigenvalue weighted by molar-refractivity contribution is 7.91. The van der Waals surface area contributed by atoms with E-state index in [0.717, 1.165) is 12.8 Å². The molecule has 1 aromatic carbocycles. The lowest BCUT2D eigenvalue weighted by atomic mass is 10.1. The number of hydrogen-bond acceptors (Lipinski definition) is 7. The molecule has 156 valence electrons. The fourth-order valence-corrected chi connectivity index (χ4v) is 4.68. The van der Waals surface area contributed by atoms with Gasteiger partial charge in [-0.3, -0.25) is 4.79 Å². The average Bonchev–Trinajstić information content (AvgIpc) is 3.06. The van der Waals surface area contributed by atoms with Crippen LogP contribution in [0.15, 0.2) is 36.0 Å². The fraction of sp³-hybridized carbons (Fsp3) is 0.450. The molecule has 9 heteroatoms. The van der Waals surface area contributed by atoms with Crippen molar-refractivity contribution in [2.45, 2.75) is 32.2 Å². The third-order valence-electron chi connectivity index (χ3n) is 4.61. The first kappa shape index (κ1) is 22.4. The molecule has 1 unspecified atom stereocenters. The fourth-order valence-electron chi connectivity index (χ4n) is 2.89. The molecular weight excluding hydrogens is 394 g/mol. The predicted molar refractivity (Wildman–Crippen MR) is 109 cm³/mol. The van der Waals surface area contributed by atoms with Gasteiger partial charge in [-0.05, 0) is 25.0 Å². The molecule has 1 N–H and O–H groups in total. The van der Waals surface area contributed by atoms with Crippen molar-refractivity contribution in [2.75, 3.05) is 30.5 Å². The third-order valence-corrected chi connectivity index (χ3v) is 6.36. The summed E-state index contributed by atoms with van der Waals surface area (Å²) in [7, 11) is -1.45. The summed E-state index contributed by atoms with van der Waals surface area (Å²) in [6.45, 7) is 2.27. The number of nitriles is 1. The second-order valence-electron chi connectivity index (χ2n) is 6.87. The van der Waals surface area contributed by atoms with E-state index in [1.807, 2.05) is 13.0 Å². The van der Waals surface area contributed by atoms with E-state index in [-0.39, 0.29) is 41.0 Å². The number of nitrogens with one attached hydrogen (secondary N) is 1. The van der Waals surface area contributed by atoms with E-state index in [1.54, 1.807) is 30.1 Å². The zero-order valence-corrected chi connectivity index (χ0v) is 17.4. The number of anilines is 1. The molecular formula is C20H25N3O5S. The smallest absolute Gasteiger partial charge is 0.340 e. The molecule has 1 amide bonds. The maximum Gasteiger partial charge on any atom is 0.340 e. The van der Waals surface area contributed by atoms with Crippen molar-refractivity contribution in [1.82, 2.24) is 4.90 Å². The Labute approximate surface area is 171 Å². The first-order valence-electron chi connectivity index (χ1n) is 9.39. The van der Waals surface area contributed by atoms with E-state index in [9.17, 15) is 23.3 Å². The molecule has 1 heterocycles. The number of benzene rings is 1. The van der Waals surface area contributed by atoms with Crippen molar-refractivity contribution in [1.29, 1.82) is 5.26 Å². The normalized spacial score (nSPS) is 18.0. The molecule has 0 radical (unpaired) electrons. The molecule has 0 spiro atoms. The molecule has 29 heavy (non-hydrogen) atoms. The second-order valence-corrected chi connectivity index (χ2v) is 9.09. The predicted octanol–water partition coefficient (Wildman–Crippen LogP) is 2.11. The Hall–Kier alpha value is -2.86. The molecule has 1 fully saturated rings. The van der Waals surface area contributed by atoms with Crippen molar-refractivity contribution < 1.29 is 22.7 Å². The van der Waals surface area contributed by atoms with Crippen LogP contribution in [0.2, 0.25) is 0 Å². The first-order chi connectivity index (χ1) is 13.8. The quantitative estimate of drug-likeness (QED) is 0.297. The Kier molecular flexibility index (Phi) is 7.79. The van der Waals surface area contributed by atoms with Crippen LogP contribution < -0.4 is 5.32 Å². The number of carbonyl (C=O) groups excluding carboxylic acids is 2. The summed E-state index contributed by atoms with van der Waals surface area (Å²) in [5, 5.41) is 11.9. The molecule has 1 aliphatic heterocycles. The number of unbranched alkanes of at least 4 members (excludes halogenated alkanes) is 1. The molecule has 1 saturated heterocycles. The van der Waals surface area contributed by atoms with Gasteiger partial charge >= 0.3 is 5.97 Å². The van der Waals surface area contributed by atoms with Crippen LogP contribution in [0.1, 0.15) is 36.5 Å². The standard InChI is InChI=1S/C20H25N3O5S/c1-3-4-10-28-20(25)17-7-5-6-8-18(17)22-19(24)15(12-21)13-23(2)16-9-11-29(26,27)14-16/h5-8,13,16H,3-4,9-11,14H2,1-2H3,(H,22,24)/b15-13-. The third kappa shape index (κ3) is 6.32. The summed E-state index contributed by atoms with van der Waals surface area (Å²) in [4.78, 5) is 26.4. The Morgan fingerprint density at radius 3 is 2.72 bits per heavy atom. The first-order valence-corrected chi connectivity index (χ1v) is 11.2. The summed E-state index contributed by atoms with van der Waals surface area (Å²) in [5.41, 5.74) is 0.252. The summed E-state index contributed by atoms with van der Waals surface area (Å²) in [6.07, 6.45) is 3.41. The highest BCUT2D eigenvalue weighted by Crippen LogP contribution is 2.19. The number of ether oxygens (including phenoxy) is 1. The van der Waals surface area contributed by atoms with Gasteiger partial charge < -0.3 is 15.0 Å². The van der Waals surface area contributed by atoms with Crippen LogP contribution in [0.25, 0.3) is 0 Å². The SMILES string of the molecule is CCCCOC(=O)c1ccccc1NC(=O)/C(C#N)=C\N(C)C1CCS(=O)(=O)C1. The van der Waals surface area contributed by atoms with E-state index < -0.39 is 21.7 Å². The van der Waals surface area contributed by atoms with Gasteiger partial charge in [0.2, 0.25) is 0 Å². The van der Waals surface area contributed by atoms with Gasteiger partial charge in [-0.15, -0.1) is 0 Å². The number of para-hydroxylation sites is 1. The van der Waals surface area contributed by atoms with E-state index >= 15 is 0 Å². The summed E-state index contributed by atoms with van der Waals surface area (Å²) in [5.74, 6) is -1.15. The molecule has 1 aromatic rings. The molecule has 2 rings (SSSR count). The molecule has 0 saturated carbocycles.